The Morgan fingerprint density at radius 2 is 2.20 bits per heavy atom. The first-order valence-electron chi connectivity index (χ1n) is 5.44. The first-order chi connectivity index (χ1) is 9.37. The summed E-state index contributed by atoms with van der Waals surface area (Å²) < 4.78 is 42.0. The minimum atomic E-state index is -4.50. The summed E-state index contributed by atoms with van der Waals surface area (Å²) in [5.41, 5.74) is 0.297. The summed E-state index contributed by atoms with van der Waals surface area (Å²) in [4.78, 5) is 11.7. The Kier molecular flexibility index (Phi) is 4.17. The Hall–Kier alpha value is -1.77. The third-order valence-corrected chi connectivity index (χ3v) is 3.14. The molecule has 0 atom stereocenters. The zero-order chi connectivity index (χ0) is 14.8. The fourth-order valence-corrected chi connectivity index (χ4v) is 1.91. The number of rotatable bonds is 4. The molecular formula is C11H9BrF3N3O2. The van der Waals surface area contributed by atoms with Gasteiger partial charge in [0.05, 0.1) is 24.4 Å². The number of hydrogen-bond acceptors (Lipinski definition) is 4. The highest BCUT2D eigenvalue weighted by atomic mass is 79.9. The summed E-state index contributed by atoms with van der Waals surface area (Å²) in [5, 5.41) is 6.37. The molecule has 0 fully saturated rings. The van der Waals surface area contributed by atoms with Gasteiger partial charge in [0, 0.05) is 12.1 Å². The van der Waals surface area contributed by atoms with Crippen LogP contribution in [0, 0.1) is 0 Å². The maximum Gasteiger partial charge on any atom is 0.408 e. The van der Waals surface area contributed by atoms with Gasteiger partial charge in [-0.15, -0.1) is 0 Å². The van der Waals surface area contributed by atoms with Crippen molar-refractivity contribution in [2.45, 2.75) is 19.3 Å². The number of furan rings is 1. The van der Waals surface area contributed by atoms with Crippen LogP contribution in [-0.4, -0.2) is 16.0 Å². The highest BCUT2D eigenvalue weighted by molar-refractivity contribution is 9.10. The summed E-state index contributed by atoms with van der Waals surface area (Å²) in [7, 11) is 0. The summed E-state index contributed by atoms with van der Waals surface area (Å²) >= 11 is 2.98. The van der Waals surface area contributed by atoms with E-state index in [1.807, 2.05) is 0 Å². The molecular weight excluding hydrogens is 343 g/mol. The Morgan fingerprint density at radius 3 is 2.80 bits per heavy atom. The molecule has 108 valence electrons. The van der Waals surface area contributed by atoms with Crippen molar-refractivity contribution in [2.75, 3.05) is 5.32 Å². The number of halogens is 4. The molecule has 0 aliphatic heterocycles. The van der Waals surface area contributed by atoms with E-state index in [4.69, 9.17) is 4.42 Å². The molecule has 2 heterocycles. The summed E-state index contributed by atoms with van der Waals surface area (Å²) in [6.45, 7) is -1.06. The lowest BCUT2D eigenvalue weighted by molar-refractivity contribution is -0.143. The minimum Gasteiger partial charge on any atom is -0.472 e. The minimum absolute atomic E-state index is 0.000227. The first kappa shape index (κ1) is 14.6. The number of aromatic nitrogens is 2. The van der Waals surface area contributed by atoms with E-state index in [2.05, 4.69) is 26.3 Å². The second-order valence-electron chi connectivity index (χ2n) is 3.94. The molecule has 1 N–H and O–H groups in total. The molecule has 9 heteroatoms. The van der Waals surface area contributed by atoms with Gasteiger partial charge in [0.25, 0.3) is 5.56 Å². The standard InChI is InChI=1S/C11H9BrF3N3O2/c12-9-8(16-3-7-1-2-20-5-7)4-17-18(10(9)19)6-11(13,14)15/h1-2,4-5,16H,3,6H2. The maximum atomic E-state index is 12.2. The van der Waals surface area contributed by atoms with E-state index in [0.717, 1.165) is 11.8 Å². The van der Waals surface area contributed by atoms with E-state index in [0.29, 0.717) is 16.9 Å². The van der Waals surface area contributed by atoms with Crippen molar-refractivity contribution in [1.82, 2.24) is 9.78 Å². The van der Waals surface area contributed by atoms with Crippen LogP contribution >= 0.6 is 15.9 Å². The predicted octanol–water partition coefficient (Wildman–Crippen LogP) is 2.77. The van der Waals surface area contributed by atoms with Crippen LogP contribution in [0.4, 0.5) is 18.9 Å². The van der Waals surface area contributed by atoms with E-state index >= 15 is 0 Å². The average molecular weight is 352 g/mol. The Morgan fingerprint density at radius 1 is 1.45 bits per heavy atom. The van der Waals surface area contributed by atoms with Gasteiger partial charge in [0.15, 0.2) is 0 Å². The van der Waals surface area contributed by atoms with E-state index < -0.39 is 18.3 Å². The number of nitrogens with one attached hydrogen (secondary N) is 1. The lowest BCUT2D eigenvalue weighted by Gasteiger charge is -2.11. The van der Waals surface area contributed by atoms with Crippen LogP contribution in [0.15, 0.2) is 38.5 Å². The van der Waals surface area contributed by atoms with Gasteiger partial charge in [0.1, 0.15) is 11.0 Å². The Bertz CT molecular complexity index is 637. The maximum absolute atomic E-state index is 12.2. The molecule has 2 aromatic heterocycles. The van der Waals surface area contributed by atoms with Crippen molar-refractivity contribution in [3.8, 4) is 0 Å². The van der Waals surface area contributed by atoms with E-state index in [1.54, 1.807) is 6.07 Å². The second-order valence-corrected chi connectivity index (χ2v) is 4.73. The second kappa shape index (κ2) is 5.70. The van der Waals surface area contributed by atoms with Crippen molar-refractivity contribution in [2.24, 2.45) is 0 Å². The van der Waals surface area contributed by atoms with Crippen molar-refractivity contribution >= 4 is 21.6 Å². The average Bonchev–Trinajstić information content (AvgIpc) is 2.86. The van der Waals surface area contributed by atoms with Gasteiger partial charge in [0.2, 0.25) is 0 Å². The van der Waals surface area contributed by atoms with Crippen molar-refractivity contribution in [3.63, 3.8) is 0 Å². The van der Waals surface area contributed by atoms with Crippen LogP contribution in [0.1, 0.15) is 5.56 Å². The van der Waals surface area contributed by atoms with Crippen LogP contribution in [0.5, 0.6) is 0 Å². The van der Waals surface area contributed by atoms with Crippen LogP contribution < -0.4 is 10.9 Å². The zero-order valence-electron chi connectivity index (χ0n) is 9.95. The van der Waals surface area contributed by atoms with E-state index in [1.165, 1.54) is 12.5 Å². The molecule has 0 unspecified atom stereocenters. The zero-order valence-corrected chi connectivity index (χ0v) is 11.5. The van der Waals surface area contributed by atoms with Crippen molar-refractivity contribution in [1.29, 1.82) is 0 Å². The van der Waals surface area contributed by atoms with Crippen LogP contribution in [0.25, 0.3) is 0 Å². The number of hydrogen-bond donors (Lipinski definition) is 1. The van der Waals surface area contributed by atoms with Gasteiger partial charge < -0.3 is 9.73 Å². The molecule has 0 saturated carbocycles. The number of alkyl halides is 3. The summed E-state index contributed by atoms with van der Waals surface area (Å²) in [6.07, 6.45) is -0.329. The number of anilines is 1. The fourth-order valence-electron chi connectivity index (χ4n) is 1.46. The predicted molar refractivity (Wildman–Crippen MR) is 68.3 cm³/mol. The van der Waals surface area contributed by atoms with Crippen LogP contribution in [0.2, 0.25) is 0 Å². The molecule has 0 aromatic carbocycles. The molecule has 0 radical (unpaired) electrons. The summed E-state index contributed by atoms with van der Waals surface area (Å²) in [5.74, 6) is 0. The lowest BCUT2D eigenvalue weighted by atomic mass is 10.3. The van der Waals surface area contributed by atoms with E-state index in [-0.39, 0.29) is 4.47 Å². The highest BCUT2D eigenvalue weighted by Gasteiger charge is 2.29. The van der Waals surface area contributed by atoms with Crippen molar-refractivity contribution < 1.29 is 17.6 Å². The molecule has 5 nitrogen and oxygen atoms in total. The fraction of sp³-hybridized carbons (Fsp3) is 0.273. The normalized spacial score (nSPS) is 11.6. The monoisotopic (exact) mass is 351 g/mol. The molecule has 0 aliphatic rings. The van der Waals surface area contributed by atoms with Gasteiger partial charge in [-0.05, 0) is 22.0 Å². The molecule has 0 bridgehead atoms. The third-order valence-electron chi connectivity index (χ3n) is 2.38. The molecule has 0 aliphatic carbocycles. The molecule has 0 spiro atoms. The highest BCUT2D eigenvalue weighted by Crippen LogP contribution is 2.20. The van der Waals surface area contributed by atoms with Gasteiger partial charge in [-0.2, -0.15) is 18.3 Å². The van der Waals surface area contributed by atoms with E-state index in [9.17, 15) is 18.0 Å². The van der Waals surface area contributed by atoms with Crippen molar-refractivity contribution in [3.05, 3.63) is 45.2 Å². The molecule has 2 rings (SSSR count). The Balaban J connectivity index is 2.16. The number of nitrogens with zero attached hydrogens (tertiary/aromatic N) is 2. The Labute approximate surface area is 119 Å². The van der Waals surface area contributed by atoms with Gasteiger partial charge in [-0.3, -0.25) is 4.79 Å². The molecule has 0 amide bonds. The quantitative estimate of drug-likeness (QED) is 0.919. The van der Waals surface area contributed by atoms with Crippen LogP contribution in [-0.2, 0) is 13.1 Å². The smallest absolute Gasteiger partial charge is 0.408 e. The molecule has 2 aromatic rings. The van der Waals surface area contributed by atoms with Crippen LogP contribution in [0.3, 0.4) is 0 Å². The molecule has 20 heavy (non-hydrogen) atoms. The van der Waals surface area contributed by atoms with Gasteiger partial charge in [-0.1, -0.05) is 0 Å². The SMILES string of the molecule is O=c1c(Br)c(NCc2ccoc2)cnn1CC(F)(F)F. The van der Waals surface area contributed by atoms with Gasteiger partial charge >= 0.3 is 6.18 Å². The largest absolute Gasteiger partial charge is 0.472 e. The molecule has 0 saturated heterocycles. The third kappa shape index (κ3) is 3.62. The summed E-state index contributed by atoms with van der Waals surface area (Å²) in [6, 6.07) is 1.72. The lowest BCUT2D eigenvalue weighted by Crippen LogP contribution is -2.31. The topological polar surface area (TPSA) is 60.1 Å². The first-order valence-corrected chi connectivity index (χ1v) is 6.23. The van der Waals surface area contributed by atoms with Gasteiger partial charge in [-0.25, -0.2) is 4.68 Å².